The second kappa shape index (κ2) is 7.71. The molecule has 6 nitrogen and oxygen atoms in total. The van der Waals surface area contributed by atoms with Gasteiger partial charge in [-0.15, -0.1) is 22.7 Å². The standard InChI is InChI=1S/C7H9NO2S.C5H5NO2S/c1-3-10-7(9)6-4-11-5(2)8-6;1-3-6-4(2-9-3)5(7)8/h4H,3H2,1-2H3;2H,1H3,(H,7,8). The molecule has 2 aromatic heterocycles. The summed E-state index contributed by atoms with van der Waals surface area (Å²) in [6, 6.07) is 0. The van der Waals surface area contributed by atoms with Crippen LogP contribution >= 0.6 is 22.7 Å². The number of hydrogen-bond donors (Lipinski definition) is 1. The lowest BCUT2D eigenvalue weighted by Crippen LogP contribution is -2.04. The molecule has 0 atom stereocenters. The topological polar surface area (TPSA) is 89.4 Å². The van der Waals surface area contributed by atoms with Gasteiger partial charge in [0.1, 0.15) is 0 Å². The summed E-state index contributed by atoms with van der Waals surface area (Å²) < 4.78 is 4.75. The molecular weight excluding hydrogens is 300 g/mol. The predicted octanol–water partition coefficient (Wildman–Crippen LogP) is 2.78. The maximum atomic E-state index is 11.0. The molecule has 0 bridgehead atoms. The lowest BCUT2D eigenvalue weighted by atomic mass is 10.5. The maximum Gasteiger partial charge on any atom is 0.357 e. The molecule has 0 aliphatic carbocycles. The van der Waals surface area contributed by atoms with E-state index >= 15 is 0 Å². The van der Waals surface area contributed by atoms with Gasteiger partial charge in [0.25, 0.3) is 0 Å². The van der Waals surface area contributed by atoms with Crippen LogP contribution in [0.5, 0.6) is 0 Å². The van der Waals surface area contributed by atoms with E-state index in [4.69, 9.17) is 9.84 Å². The number of carbonyl (C=O) groups excluding carboxylic acids is 1. The first-order valence-corrected chi connectivity index (χ1v) is 7.44. The highest BCUT2D eigenvalue weighted by atomic mass is 32.1. The number of aryl methyl sites for hydroxylation is 2. The molecule has 0 aliphatic heterocycles. The highest BCUT2D eigenvalue weighted by Gasteiger charge is 2.08. The van der Waals surface area contributed by atoms with E-state index in [0.717, 1.165) is 10.0 Å². The van der Waals surface area contributed by atoms with Crippen LogP contribution in [-0.2, 0) is 4.74 Å². The molecule has 2 heterocycles. The molecule has 0 unspecified atom stereocenters. The number of ether oxygens (including phenoxy) is 1. The van der Waals surface area contributed by atoms with E-state index in [9.17, 15) is 9.59 Å². The molecule has 0 saturated carbocycles. The molecule has 20 heavy (non-hydrogen) atoms. The first kappa shape index (κ1) is 16.3. The fourth-order valence-electron chi connectivity index (χ4n) is 1.12. The summed E-state index contributed by atoms with van der Waals surface area (Å²) in [4.78, 5) is 28.8. The number of carbonyl (C=O) groups is 2. The van der Waals surface area contributed by atoms with Gasteiger partial charge in [0.05, 0.1) is 16.6 Å². The van der Waals surface area contributed by atoms with Crippen LogP contribution in [0.3, 0.4) is 0 Å². The van der Waals surface area contributed by atoms with Crippen LogP contribution in [-0.4, -0.2) is 33.6 Å². The van der Waals surface area contributed by atoms with E-state index in [1.165, 1.54) is 28.1 Å². The van der Waals surface area contributed by atoms with Crippen molar-refractivity contribution >= 4 is 34.6 Å². The van der Waals surface area contributed by atoms with Gasteiger partial charge < -0.3 is 9.84 Å². The SMILES string of the molecule is CCOC(=O)c1csc(C)n1.Cc1nc(C(=O)O)cs1. The van der Waals surface area contributed by atoms with Gasteiger partial charge >= 0.3 is 11.9 Å². The van der Waals surface area contributed by atoms with Gasteiger partial charge in [0.2, 0.25) is 0 Å². The van der Waals surface area contributed by atoms with Gasteiger partial charge in [-0.2, -0.15) is 0 Å². The van der Waals surface area contributed by atoms with Crippen LogP contribution in [0, 0.1) is 13.8 Å². The van der Waals surface area contributed by atoms with Gasteiger partial charge in [-0.25, -0.2) is 19.6 Å². The third-order valence-corrected chi connectivity index (χ3v) is 3.49. The fourth-order valence-corrected chi connectivity index (χ4v) is 2.29. The molecule has 0 aliphatic rings. The number of carboxylic acids is 1. The first-order chi connectivity index (χ1) is 9.43. The third kappa shape index (κ3) is 5.06. The van der Waals surface area contributed by atoms with Crippen molar-refractivity contribution in [3.8, 4) is 0 Å². The Hall–Kier alpha value is -1.80. The molecule has 0 spiro atoms. The van der Waals surface area contributed by atoms with Crippen LogP contribution in [0.2, 0.25) is 0 Å². The minimum absolute atomic E-state index is 0.137. The average Bonchev–Trinajstić information content (AvgIpc) is 2.99. The predicted molar refractivity (Wildman–Crippen MR) is 76.6 cm³/mol. The summed E-state index contributed by atoms with van der Waals surface area (Å²) in [7, 11) is 0. The van der Waals surface area contributed by atoms with E-state index in [0.29, 0.717) is 12.3 Å². The summed E-state index contributed by atoms with van der Waals surface area (Å²) in [5, 5.41) is 13.2. The zero-order valence-electron chi connectivity index (χ0n) is 11.2. The Morgan fingerprint density at radius 1 is 1.15 bits per heavy atom. The molecule has 108 valence electrons. The van der Waals surface area contributed by atoms with E-state index in [2.05, 4.69) is 9.97 Å². The minimum atomic E-state index is -0.959. The zero-order valence-corrected chi connectivity index (χ0v) is 12.9. The Morgan fingerprint density at radius 2 is 1.65 bits per heavy atom. The third-order valence-electron chi connectivity index (χ3n) is 1.94. The summed E-state index contributed by atoms with van der Waals surface area (Å²) in [6.07, 6.45) is 0. The van der Waals surface area contributed by atoms with Crippen molar-refractivity contribution in [2.75, 3.05) is 6.61 Å². The normalized spacial score (nSPS) is 9.55. The molecule has 0 amide bonds. The Labute approximate surface area is 124 Å². The molecule has 0 fully saturated rings. The first-order valence-electron chi connectivity index (χ1n) is 5.68. The number of carboxylic acid groups (broad SMARTS) is 1. The van der Waals surface area contributed by atoms with Crippen LogP contribution in [0.1, 0.15) is 37.9 Å². The quantitative estimate of drug-likeness (QED) is 0.876. The number of rotatable bonds is 3. The Bertz CT molecular complexity index is 592. The summed E-state index contributed by atoms with van der Waals surface area (Å²) in [6.45, 7) is 5.80. The second-order valence-electron chi connectivity index (χ2n) is 3.53. The van der Waals surface area contributed by atoms with E-state index in [1.807, 2.05) is 6.92 Å². The number of aromatic nitrogens is 2. The van der Waals surface area contributed by atoms with Crippen LogP contribution in [0.4, 0.5) is 0 Å². The molecule has 8 heteroatoms. The minimum Gasteiger partial charge on any atom is -0.476 e. The molecule has 0 aromatic carbocycles. The van der Waals surface area contributed by atoms with Gasteiger partial charge in [-0.1, -0.05) is 0 Å². The van der Waals surface area contributed by atoms with Gasteiger partial charge in [-0.3, -0.25) is 0 Å². The summed E-state index contributed by atoms with van der Waals surface area (Å²) in [5.41, 5.74) is 0.548. The molecule has 2 aromatic rings. The number of esters is 1. The number of nitrogens with zero attached hydrogens (tertiary/aromatic N) is 2. The van der Waals surface area contributed by atoms with Gasteiger partial charge in [0, 0.05) is 10.8 Å². The molecular formula is C12H14N2O4S2. The van der Waals surface area contributed by atoms with Crippen molar-refractivity contribution in [1.29, 1.82) is 0 Å². The lowest BCUT2D eigenvalue weighted by Gasteiger charge is -1.95. The van der Waals surface area contributed by atoms with Crippen molar-refractivity contribution < 1.29 is 19.4 Å². The van der Waals surface area contributed by atoms with Crippen molar-refractivity contribution in [1.82, 2.24) is 9.97 Å². The second-order valence-corrected chi connectivity index (χ2v) is 5.65. The molecule has 0 radical (unpaired) electrons. The van der Waals surface area contributed by atoms with Crippen molar-refractivity contribution in [2.24, 2.45) is 0 Å². The highest BCUT2D eigenvalue weighted by molar-refractivity contribution is 7.10. The van der Waals surface area contributed by atoms with Gasteiger partial charge in [-0.05, 0) is 20.8 Å². The zero-order chi connectivity index (χ0) is 15.1. The Kier molecular flexibility index (Phi) is 6.26. The number of hydrogen-bond acceptors (Lipinski definition) is 7. The van der Waals surface area contributed by atoms with Crippen molar-refractivity contribution in [3.63, 3.8) is 0 Å². The molecule has 1 N–H and O–H groups in total. The van der Waals surface area contributed by atoms with Crippen LogP contribution in [0.25, 0.3) is 0 Å². The highest BCUT2D eigenvalue weighted by Crippen LogP contribution is 2.08. The van der Waals surface area contributed by atoms with Gasteiger partial charge in [0.15, 0.2) is 11.4 Å². The largest absolute Gasteiger partial charge is 0.476 e. The molecule has 2 rings (SSSR count). The van der Waals surface area contributed by atoms with Crippen molar-refractivity contribution in [2.45, 2.75) is 20.8 Å². The smallest absolute Gasteiger partial charge is 0.357 e. The van der Waals surface area contributed by atoms with Crippen molar-refractivity contribution in [3.05, 3.63) is 32.2 Å². The van der Waals surface area contributed by atoms with E-state index < -0.39 is 5.97 Å². The summed E-state index contributed by atoms with van der Waals surface area (Å²) in [5.74, 6) is -1.30. The Balaban J connectivity index is 0.000000204. The monoisotopic (exact) mass is 314 g/mol. The average molecular weight is 314 g/mol. The summed E-state index contributed by atoms with van der Waals surface area (Å²) >= 11 is 2.79. The van der Waals surface area contributed by atoms with E-state index in [1.54, 1.807) is 19.2 Å². The Morgan fingerprint density at radius 3 is 1.95 bits per heavy atom. The lowest BCUT2D eigenvalue weighted by molar-refractivity contribution is 0.0519. The van der Waals surface area contributed by atoms with Crippen LogP contribution < -0.4 is 0 Å². The maximum absolute atomic E-state index is 11.0. The fraction of sp³-hybridized carbons (Fsp3) is 0.333. The molecule has 0 saturated heterocycles. The van der Waals surface area contributed by atoms with Crippen LogP contribution in [0.15, 0.2) is 10.8 Å². The van der Waals surface area contributed by atoms with E-state index in [-0.39, 0.29) is 11.7 Å². The number of aromatic carboxylic acids is 1. The number of thiazole rings is 2.